The summed E-state index contributed by atoms with van der Waals surface area (Å²) >= 11 is 15.4. The van der Waals surface area contributed by atoms with Gasteiger partial charge in [0, 0.05) is 6.20 Å². The molecule has 0 radical (unpaired) electrons. The van der Waals surface area contributed by atoms with Gasteiger partial charge in [0.05, 0.1) is 37.7 Å². The lowest BCUT2D eigenvalue weighted by Crippen LogP contribution is -2.14. The maximum absolute atomic E-state index is 12.5. The zero-order valence-electron chi connectivity index (χ0n) is 11.6. The van der Waals surface area contributed by atoms with Gasteiger partial charge in [0.25, 0.3) is 5.91 Å². The van der Waals surface area contributed by atoms with Crippen molar-refractivity contribution in [2.24, 2.45) is 0 Å². The van der Waals surface area contributed by atoms with Crippen molar-refractivity contribution in [3.05, 3.63) is 74.9 Å². The minimum absolute atomic E-state index is 0.228. The molecule has 3 rings (SSSR count). The van der Waals surface area contributed by atoms with Gasteiger partial charge in [-0.05, 0) is 40.2 Å². The highest BCUT2D eigenvalue weighted by Gasteiger charge is 2.15. The predicted molar refractivity (Wildman–Crippen MR) is 95.7 cm³/mol. The number of anilines is 1. The molecule has 1 aromatic heterocycles. The molecule has 1 heterocycles. The molecule has 0 fully saturated rings. The Kier molecular flexibility index (Phi) is 4.71. The molecule has 1 amide bonds. The van der Waals surface area contributed by atoms with Crippen molar-refractivity contribution in [2.45, 2.75) is 0 Å². The van der Waals surface area contributed by atoms with E-state index in [0.29, 0.717) is 16.3 Å². The number of aromatic nitrogens is 2. The minimum atomic E-state index is -0.337. The molecule has 2 aromatic carbocycles. The minimum Gasteiger partial charge on any atom is -0.320 e. The molecule has 7 heteroatoms. The number of carbonyl (C=O) groups excluding carboxylic acids is 1. The first-order valence-corrected chi connectivity index (χ1v) is 8.16. The lowest BCUT2D eigenvalue weighted by Gasteiger charge is -2.12. The van der Waals surface area contributed by atoms with Crippen molar-refractivity contribution in [1.82, 2.24) is 9.78 Å². The second-order valence-corrected chi connectivity index (χ2v) is 6.38. The second kappa shape index (κ2) is 6.74. The molecule has 0 bridgehead atoms. The standard InChI is InChI=1S/C16H10BrCl2N3O/c17-10-8-20-22(9-10)14-7-2-1-6-13(14)21-16(23)11-4-3-5-12(18)15(11)19/h1-9H,(H,21,23). The normalized spacial score (nSPS) is 10.6. The van der Waals surface area contributed by atoms with Crippen LogP contribution >= 0.6 is 39.1 Å². The van der Waals surface area contributed by atoms with Crippen LogP contribution in [-0.2, 0) is 0 Å². The van der Waals surface area contributed by atoms with Crippen molar-refractivity contribution in [3.8, 4) is 5.69 Å². The van der Waals surface area contributed by atoms with E-state index in [2.05, 4.69) is 26.3 Å². The third-order valence-electron chi connectivity index (χ3n) is 3.15. The van der Waals surface area contributed by atoms with Crippen LogP contribution in [0.2, 0.25) is 10.0 Å². The van der Waals surface area contributed by atoms with E-state index in [9.17, 15) is 4.79 Å². The number of benzene rings is 2. The molecular weight excluding hydrogens is 401 g/mol. The van der Waals surface area contributed by atoms with Crippen molar-refractivity contribution < 1.29 is 4.79 Å². The Labute approximate surface area is 151 Å². The highest BCUT2D eigenvalue weighted by atomic mass is 79.9. The van der Waals surface area contributed by atoms with Crippen LogP contribution in [0.1, 0.15) is 10.4 Å². The summed E-state index contributed by atoms with van der Waals surface area (Å²) in [5.41, 5.74) is 1.67. The van der Waals surface area contributed by atoms with Gasteiger partial charge >= 0.3 is 0 Å². The number of hydrogen-bond donors (Lipinski definition) is 1. The van der Waals surface area contributed by atoms with Crippen LogP contribution in [0, 0.1) is 0 Å². The van der Waals surface area contributed by atoms with Crippen LogP contribution in [-0.4, -0.2) is 15.7 Å². The van der Waals surface area contributed by atoms with E-state index in [4.69, 9.17) is 23.2 Å². The number of nitrogens with one attached hydrogen (secondary N) is 1. The molecule has 0 saturated heterocycles. The molecule has 4 nitrogen and oxygen atoms in total. The van der Waals surface area contributed by atoms with E-state index in [0.717, 1.165) is 10.2 Å². The Morgan fingerprint density at radius 3 is 2.65 bits per heavy atom. The van der Waals surface area contributed by atoms with E-state index >= 15 is 0 Å². The van der Waals surface area contributed by atoms with Gasteiger partial charge in [0.1, 0.15) is 0 Å². The molecule has 0 aliphatic rings. The highest BCUT2D eigenvalue weighted by molar-refractivity contribution is 9.10. The molecule has 0 aliphatic carbocycles. The van der Waals surface area contributed by atoms with Crippen molar-refractivity contribution in [3.63, 3.8) is 0 Å². The molecule has 0 atom stereocenters. The van der Waals surface area contributed by atoms with Gasteiger partial charge in [0.15, 0.2) is 0 Å². The third-order valence-corrected chi connectivity index (χ3v) is 4.37. The summed E-state index contributed by atoms with van der Waals surface area (Å²) in [5, 5.41) is 7.64. The van der Waals surface area contributed by atoms with Crippen LogP contribution in [0.15, 0.2) is 59.3 Å². The van der Waals surface area contributed by atoms with Crippen LogP contribution in [0.25, 0.3) is 5.69 Å². The molecule has 0 saturated carbocycles. The monoisotopic (exact) mass is 409 g/mol. The quantitative estimate of drug-likeness (QED) is 0.645. The summed E-state index contributed by atoms with van der Waals surface area (Å²) in [4.78, 5) is 12.5. The smallest absolute Gasteiger partial charge is 0.257 e. The average Bonchev–Trinajstić information content (AvgIpc) is 2.97. The maximum atomic E-state index is 12.5. The Morgan fingerprint density at radius 1 is 1.13 bits per heavy atom. The number of para-hydroxylation sites is 2. The van der Waals surface area contributed by atoms with Crippen LogP contribution < -0.4 is 5.32 Å². The number of rotatable bonds is 3. The SMILES string of the molecule is O=C(Nc1ccccc1-n1cc(Br)cn1)c1cccc(Cl)c1Cl. The van der Waals surface area contributed by atoms with Gasteiger partial charge in [-0.1, -0.05) is 41.4 Å². The number of carbonyl (C=O) groups is 1. The van der Waals surface area contributed by atoms with Gasteiger partial charge in [0.2, 0.25) is 0 Å². The highest BCUT2D eigenvalue weighted by Crippen LogP contribution is 2.27. The third kappa shape index (κ3) is 3.42. The number of hydrogen-bond acceptors (Lipinski definition) is 2. The van der Waals surface area contributed by atoms with Crippen LogP contribution in [0.3, 0.4) is 0 Å². The van der Waals surface area contributed by atoms with Gasteiger partial charge in [-0.25, -0.2) is 4.68 Å². The average molecular weight is 411 g/mol. The van der Waals surface area contributed by atoms with Gasteiger partial charge in [-0.15, -0.1) is 0 Å². The van der Waals surface area contributed by atoms with Crippen molar-refractivity contribution in [2.75, 3.05) is 5.32 Å². The lowest BCUT2D eigenvalue weighted by atomic mass is 10.2. The van der Waals surface area contributed by atoms with Crippen LogP contribution in [0.4, 0.5) is 5.69 Å². The number of halogens is 3. The fourth-order valence-corrected chi connectivity index (χ4v) is 2.75. The molecule has 0 aliphatic heterocycles. The van der Waals surface area contributed by atoms with Gasteiger partial charge in [-0.3, -0.25) is 4.79 Å². The summed E-state index contributed by atoms with van der Waals surface area (Å²) in [7, 11) is 0. The summed E-state index contributed by atoms with van der Waals surface area (Å²) in [6.07, 6.45) is 3.48. The Hall–Kier alpha value is -1.82. The summed E-state index contributed by atoms with van der Waals surface area (Å²) in [6.45, 7) is 0. The van der Waals surface area contributed by atoms with Crippen LogP contribution in [0.5, 0.6) is 0 Å². The van der Waals surface area contributed by atoms with Crippen molar-refractivity contribution >= 4 is 50.7 Å². The maximum Gasteiger partial charge on any atom is 0.257 e. The Bertz CT molecular complexity index is 879. The van der Waals surface area contributed by atoms with E-state index in [1.54, 1.807) is 41.3 Å². The molecule has 1 N–H and O–H groups in total. The Balaban J connectivity index is 1.95. The molecule has 23 heavy (non-hydrogen) atoms. The van der Waals surface area contributed by atoms with E-state index in [1.165, 1.54) is 0 Å². The Morgan fingerprint density at radius 2 is 1.91 bits per heavy atom. The van der Waals surface area contributed by atoms with Crippen molar-refractivity contribution in [1.29, 1.82) is 0 Å². The molecule has 3 aromatic rings. The van der Waals surface area contributed by atoms with Gasteiger partial charge in [-0.2, -0.15) is 5.10 Å². The topological polar surface area (TPSA) is 46.9 Å². The fourth-order valence-electron chi connectivity index (χ4n) is 2.08. The number of nitrogens with zero attached hydrogens (tertiary/aromatic N) is 2. The first-order valence-electron chi connectivity index (χ1n) is 6.61. The second-order valence-electron chi connectivity index (χ2n) is 4.68. The summed E-state index contributed by atoms with van der Waals surface area (Å²) < 4.78 is 2.51. The summed E-state index contributed by atoms with van der Waals surface area (Å²) in [5.74, 6) is -0.337. The summed E-state index contributed by atoms with van der Waals surface area (Å²) in [6, 6.07) is 12.3. The van der Waals surface area contributed by atoms with E-state index in [1.807, 2.05) is 18.2 Å². The molecular formula is C16H10BrCl2N3O. The predicted octanol–water partition coefficient (Wildman–Crippen LogP) is 5.19. The lowest BCUT2D eigenvalue weighted by molar-refractivity contribution is 0.102. The molecule has 0 unspecified atom stereocenters. The first-order chi connectivity index (χ1) is 11.1. The first kappa shape index (κ1) is 16.1. The van der Waals surface area contributed by atoms with E-state index < -0.39 is 0 Å². The molecule has 116 valence electrons. The van der Waals surface area contributed by atoms with E-state index in [-0.39, 0.29) is 10.9 Å². The fraction of sp³-hybridized carbons (Fsp3) is 0. The molecule has 0 spiro atoms. The zero-order valence-corrected chi connectivity index (χ0v) is 14.7. The number of amides is 1. The zero-order chi connectivity index (χ0) is 16.4. The largest absolute Gasteiger partial charge is 0.320 e. The van der Waals surface area contributed by atoms with Gasteiger partial charge < -0.3 is 5.32 Å².